The Morgan fingerprint density at radius 3 is 2.76 bits per heavy atom. The SMILES string of the molecule is O=C(c1ccc2c(c1)C(=O)NCC2)c1ccc(F)cc1Br. The molecule has 0 radical (unpaired) electrons. The maximum Gasteiger partial charge on any atom is 0.251 e. The Morgan fingerprint density at radius 2 is 2.00 bits per heavy atom. The molecule has 106 valence electrons. The minimum absolute atomic E-state index is 0.163. The Labute approximate surface area is 129 Å². The van der Waals surface area contributed by atoms with E-state index in [2.05, 4.69) is 21.2 Å². The number of halogens is 2. The van der Waals surface area contributed by atoms with Crippen molar-refractivity contribution in [3.05, 3.63) is 68.9 Å². The minimum Gasteiger partial charge on any atom is -0.352 e. The van der Waals surface area contributed by atoms with Gasteiger partial charge in [-0.2, -0.15) is 0 Å². The van der Waals surface area contributed by atoms with E-state index in [1.165, 1.54) is 18.2 Å². The minimum atomic E-state index is -0.414. The molecule has 0 atom stereocenters. The predicted octanol–water partition coefficient (Wildman–Crippen LogP) is 3.11. The zero-order chi connectivity index (χ0) is 15.0. The second-order valence-corrected chi connectivity index (χ2v) is 5.69. The fourth-order valence-corrected chi connectivity index (χ4v) is 2.91. The third-order valence-electron chi connectivity index (χ3n) is 3.47. The van der Waals surface area contributed by atoms with E-state index >= 15 is 0 Å². The van der Waals surface area contributed by atoms with Gasteiger partial charge in [-0.15, -0.1) is 0 Å². The van der Waals surface area contributed by atoms with Gasteiger partial charge in [-0.3, -0.25) is 9.59 Å². The van der Waals surface area contributed by atoms with Crippen LogP contribution in [-0.4, -0.2) is 18.2 Å². The molecule has 5 heteroatoms. The lowest BCUT2D eigenvalue weighted by atomic mass is 9.94. The molecule has 0 aliphatic carbocycles. The van der Waals surface area contributed by atoms with Crippen molar-refractivity contribution in [2.75, 3.05) is 6.54 Å². The van der Waals surface area contributed by atoms with Gasteiger partial charge in [-0.25, -0.2) is 4.39 Å². The number of hydrogen-bond acceptors (Lipinski definition) is 2. The van der Waals surface area contributed by atoms with E-state index < -0.39 is 5.82 Å². The van der Waals surface area contributed by atoms with Crippen molar-refractivity contribution in [3.8, 4) is 0 Å². The number of carbonyl (C=O) groups excluding carboxylic acids is 2. The van der Waals surface area contributed by atoms with Crippen LogP contribution in [0.4, 0.5) is 4.39 Å². The van der Waals surface area contributed by atoms with E-state index in [0.29, 0.717) is 27.7 Å². The summed E-state index contributed by atoms with van der Waals surface area (Å²) in [7, 11) is 0. The fraction of sp³-hybridized carbons (Fsp3) is 0.125. The van der Waals surface area contributed by atoms with Crippen molar-refractivity contribution in [2.24, 2.45) is 0 Å². The van der Waals surface area contributed by atoms with Crippen molar-refractivity contribution in [1.82, 2.24) is 5.32 Å². The lowest BCUT2D eigenvalue weighted by molar-refractivity contribution is 0.0946. The van der Waals surface area contributed by atoms with Gasteiger partial charge in [0.25, 0.3) is 5.91 Å². The highest BCUT2D eigenvalue weighted by molar-refractivity contribution is 9.10. The summed E-state index contributed by atoms with van der Waals surface area (Å²) in [5.41, 5.74) is 2.25. The Morgan fingerprint density at radius 1 is 1.19 bits per heavy atom. The predicted molar refractivity (Wildman–Crippen MR) is 80.0 cm³/mol. The van der Waals surface area contributed by atoms with Crippen LogP contribution in [-0.2, 0) is 6.42 Å². The molecule has 0 fully saturated rings. The van der Waals surface area contributed by atoms with Gasteiger partial charge < -0.3 is 5.32 Å². The number of hydrogen-bond donors (Lipinski definition) is 1. The van der Waals surface area contributed by atoms with Crippen molar-refractivity contribution < 1.29 is 14.0 Å². The molecule has 1 aliphatic heterocycles. The lowest BCUT2D eigenvalue weighted by Crippen LogP contribution is -2.32. The summed E-state index contributed by atoms with van der Waals surface area (Å²) in [6.07, 6.45) is 0.760. The summed E-state index contributed by atoms with van der Waals surface area (Å²) >= 11 is 3.19. The molecule has 0 spiro atoms. The zero-order valence-electron chi connectivity index (χ0n) is 11.0. The van der Waals surface area contributed by atoms with Gasteiger partial charge in [0.1, 0.15) is 5.82 Å². The third-order valence-corrected chi connectivity index (χ3v) is 4.13. The Hall–Kier alpha value is -2.01. The first kappa shape index (κ1) is 13.9. The molecular formula is C16H11BrFNO2. The smallest absolute Gasteiger partial charge is 0.251 e. The molecule has 3 nitrogen and oxygen atoms in total. The van der Waals surface area contributed by atoms with Gasteiger partial charge in [-0.1, -0.05) is 12.1 Å². The van der Waals surface area contributed by atoms with Crippen molar-refractivity contribution >= 4 is 27.6 Å². The molecule has 2 aromatic rings. The molecule has 1 amide bonds. The molecule has 1 N–H and O–H groups in total. The van der Waals surface area contributed by atoms with Crippen LogP contribution in [0.2, 0.25) is 0 Å². The van der Waals surface area contributed by atoms with Crippen LogP contribution in [0.5, 0.6) is 0 Å². The molecule has 1 aliphatic rings. The van der Waals surface area contributed by atoms with Crippen LogP contribution in [0.25, 0.3) is 0 Å². The Kier molecular flexibility index (Phi) is 3.59. The van der Waals surface area contributed by atoms with E-state index in [-0.39, 0.29) is 11.7 Å². The van der Waals surface area contributed by atoms with E-state index in [1.807, 2.05) is 0 Å². The van der Waals surface area contributed by atoms with Crippen molar-refractivity contribution in [2.45, 2.75) is 6.42 Å². The average Bonchev–Trinajstić information content (AvgIpc) is 2.47. The summed E-state index contributed by atoms with van der Waals surface area (Å²) < 4.78 is 13.5. The molecule has 3 rings (SSSR count). The van der Waals surface area contributed by atoms with E-state index in [4.69, 9.17) is 0 Å². The molecule has 1 heterocycles. The van der Waals surface area contributed by atoms with Crippen LogP contribution < -0.4 is 5.32 Å². The molecule has 0 saturated heterocycles. The number of ketones is 1. The third kappa shape index (κ3) is 2.61. The van der Waals surface area contributed by atoms with E-state index in [0.717, 1.165) is 12.0 Å². The average molecular weight is 348 g/mol. The Bertz CT molecular complexity index is 758. The van der Waals surface area contributed by atoms with Crippen LogP contribution >= 0.6 is 15.9 Å². The number of nitrogens with one attached hydrogen (secondary N) is 1. The van der Waals surface area contributed by atoms with E-state index in [1.54, 1.807) is 18.2 Å². The maximum atomic E-state index is 13.1. The standard InChI is InChI=1S/C16H11BrFNO2/c17-14-8-11(18)3-4-12(14)15(20)10-2-1-9-5-6-19-16(21)13(9)7-10/h1-4,7-8H,5-6H2,(H,19,21). The van der Waals surface area contributed by atoms with Crippen LogP contribution in [0.3, 0.4) is 0 Å². The lowest BCUT2D eigenvalue weighted by Gasteiger charge is -2.17. The quantitative estimate of drug-likeness (QED) is 0.848. The Balaban J connectivity index is 2.02. The number of fused-ring (bicyclic) bond motifs is 1. The van der Waals surface area contributed by atoms with Crippen molar-refractivity contribution in [3.63, 3.8) is 0 Å². The maximum absolute atomic E-state index is 13.1. The molecule has 0 bridgehead atoms. The summed E-state index contributed by atoms with van der Waals surface area (Å²) in [4.78, 5) is 24.3. The number of carbonyl (C=O) groups is 2. The van der Waals surface area contributed by atoms with Crippen LogP contribution in [0.1, 0.15) is 31.8 Å². The molecule has 0 saturated carbocycles. The summed E-state index contributed by atoms with van der Waals surface area (Å²) in [5.74, 6) is -0.824. The van der Waals surface area contributed by atoms with Gasteiger partial charge in [0, 0.05) is 27.7 Å². The van der Waals surface area contributed by atoms with Gasteiger partial charge in [0.2, 0.25) is 0 Å². The zero-order valence-corrected chi connectivity index (χ0v) is 12.5. The molecular weight excluding hydrogens is 337 g/mol. The number of amides is 1. The first-order valence-electron chi connectivity index (χ1n) is 6.47. The van der Waals surface area contributed by atoms with Gasteiger partial charge in [0.05, 0.1) is 0 Å². The molecule has 21 heavy (non-hydrogen) atoms. The summed E-state index contributed by atoms with van der Waals surface area (Å²) in [5, 5.41) is 2.75. The number of rotatable bonds is 2. The number of benzene rings is 2. The highest BCUT2D eigenvalue weighted by Gasteiger charge is 2.20. The molecule has 0 aromatic heterocycles. The second kappa shape index (κ2) is 5.41. The molecule has 2 aromatic carbocycles. The first-order valence-corrected chi connectivity index (χ1v) is 7.26. The van der Waals surface area contributed by atoms with Gasteiger partial charge in [0.15, 0.2) is 5.78 Å². The first-order chi connectivity index (χ1) is 10.1. The van der Waals surface area contributed by atoms with Gasteiger partial charge >= 0.3 is 0 Å². The largest absolute Gasteiger partial charge is 0.352 e. The van der Waals surface area contributed by atoms with E-state index in [9.17, 15) is 14.0 Å². The van der Waals surface area contributed by atoms with Gasteiger partial charge in [-0.05, 0) is 52.2 Å². The molecule has 0 unspecified atom stereocenters. The summed E-state index contributed by atoms with van der Waals surface area (Å²) in [6.45, 7) is 0.614. The fourth-order valence-electron chi connectivity index (χ4n) is 2.38. The second-order valence-electron chi connectivity index (χ2n) is 4.83. The topological polar surface area (TPSA) is 46.2 Å². The van der Waals surface area contributed by atoms with Crippen LogP contribution in [0, 0.1) is 5.82 Å². The normalized spacial score (nSPS) is 13.5. The highest BCUT2D eigenvalue weighted by Crippen LogP contribution is 2.23. The summed E-state index contributed by atoms with van der Waals surface area (Å²) in [6, 6.07) is 9.03. The van der Waals surface area contributed by atoms with Crippen molar-refractivity contribution in [1.29, 1.82) is 0 Å². The highest BCUT2D eigenvalue weighted by atomic mass is 79.9. The monoisotopic (exact) mass is 347 g/mol. The van der Waals surface area contributed by atoms with Crippen LogP contribution in [0.15, 0.2) is 40.9 Å².